The van der Waals surface area contributed by atoms with Crippen LogP contribution in [0.5, 0.6) is 11.5 Å². The summed E-state index contributed by atoms with van der Waals surface area (Å²) in [6, 6.07) is 20.0. The summed E-state index contributed by atoms with van der Waals surface area (Å²) in [5.74, 6) is 1.10. The standard InChI is InChI=1S/C30H31N3O4/c1-19-25(26-16-24(35-2)7-8-27(26)32-19)17-29(34)33-23-5-3-4-20(15-23)21-6-9-28-22(14-21)18-36-30(37-28)10-12-31-13-11-30/h3-9,14-16,31-32H,10-13,17-18H2,1-2H3,(H,33,34). The Morgan fingerprint density at radius 2 is 1.89 bits per heavy atom. The van der Waals surface area contributed by atoms with E-state index in [1.165, 1.54) is 0 Å². The first-order valence-electron chi connectivity index (χ1n) is 12.7. The van der Waals surface area contributed by atoms with Crippen LogP contribution in [0.25, 0.3) is 22.0 Å². The van der Waals surface area contributed by atoms with Crippen molar-refractivity contribution in [2.75, 3.05) is 25.5 Å². The van der Waals surface area contributed by atoms with Crippen molar-refractivity contribution in [1.29, 1.82) is 0 Å². The number of ether oxygens (including phenoxy) is 3. The van der Waals surface area contributed by atoms with Crippen molar-refractivity contribution in [1.82, 2.24) is 10.3 Å². The average molecular weight is 498 g/mol. The minimum absolute atomic E-state index is 0.0662. The number of carbonyl (C=O) groups excluding carboxylic acids is 1. The highest BCUT2D eigenvalue weighted by Crippen LogP contribution is 2.38. The monoisotopic (exact) mass is 497 g/mol. The highest BCUT2D eigenvalue weighted by molar-refractivity contribution is 5.97. The molecule has 0 radical (unpaired) electrons. The minimum Gasteiger partial charge on any atom is -0.497 e. The maximum atomic E-state index is 13.0. The lowest BCUT2D eigenvalue weighted by Crippen LogP contribution is -2.49. The zero-order valence-corrected chi connectivity index (χ0v) is 21.1. The van der Waals surface area contributed by atoms with E-state index in [0.29, 0.717) is 6.61 Å². The number of carbonyl (C=O) groups is 1. The summed E-state index contributed by atoms with van der Waals surface area (Å²) < 4.78 is 17.9. The molecule has 1 aromatic heterocycles. The number of amides is 1. The van der Waals surface area contributed by atoms with E-state index in [9.17, 15) is 4.79 Å². The fourth-order valence-corrected chi connectivity index (χ4v) is 5.32. The fraction of sp³-hybridized carbons (Fsp3) is 0.300. The second kappa shape index (κ2) is 9.57. The van der Waals surface area contributed by atoms with Gasteiger partial charge in [0.1, 0.15) is 11.5 Å². The molecule has 4 aromatic rings. The summed E-state index contributed by atoms with van der Waals surface area (Å²) in [4.78, 5) is 16.4. The quantitative estimate of drug-likeness (QED) is 0.348. The summed E-state index contributed by atoms with van der Waals surface area (Å²) in [5.41, 5.74) is 6.84. The molecule has 7 nitrogen and oxygen atoms in total. The van der Waals surface area contributed by atoms with Gasteiger partial charge >= 0.3 is 0 Å². The summed E-state index contributed by atoms with van der Waals surface area (Å²) in [6.07, 6.45) is 1.97. The van der Waals surface area contributed by atoms with Crippen molar-refractivity contribution in [3.8, 4) is 22.6 Å². The second-order valence-corrected chi connectivity index (χ2v) is 9.82. The summed E-state index contributed by atoms with van der Waals surface area (Å²) in [7, 11) is 1.65. The molecular formula is C30H31N3O4. The first-order valence-corrected chi connectivity index (χ1v) is 12.7. The Bertz CT molecular complexity index is 1470. The van der Waals surface area contributed by atoms with Crippen LogP contribution in [0.3, 0.4) is 0 Å². The van der Waals surface area contributed by atoms with Crippen molar-refractivity contribution >= 4 is 22.5 Å². The van der Waals surface area contributed by atoms with Gasteiger partial charge in [-0.3, -0.25) is 4.79 Å². The number of aromatic amines is 1. The number of methoxy groups -OCH3 is 1. The molecular weight excluding hydrogens is 466 g/mol. The lowest BCUT2D eigenvalue weighted by Gasteiger charge is -2.41. The maximum absolute atomic E-state index is 13.0. The number of aromatic nitrogens is 1. The van der Waals surface area contributed by atoms with Gasteiger partial charge in [-0.2, -0.15) is 0 Å². The minimum atomic E-state index is -0.502. The predicted molar refractivity (Wildman–Crippen MR) is 144 cm³/mol. The number of aryl methyl sites for hydroxylation is 1. The molecule has 6 rings (SSSR count). The van der Waals surface area contributed by atoms with Gasteiger partial charge in [0.25, 0.3) is 0 Å². The van der Waals surface area contributed by atoms with E-state index >= 15 is 0 Å². The van der Waals surface area contributed by atoms with Gasteiger partial charge in [0.2, 0.25) is 11.7 Å². The Morgan fingerprint density at radius 3 is 2.73 bits per heavy atom. The Kier molecular flexibility index (Phi) is 6.10. The third-order valence-corrected chi connectivity index (χ3v) is 7.36. The van der Waals surface area contributed by atoms with Gasteiger partial charge in [0.15, 0.2) is 0 Å². The molecule has 190 valence electrons. The van der Waals surface area contributed by atoms with E-state index in [-0.39, 0.29) is 12.3 Å². The van der Waals surface area contributed by atoms with Gasteiger partial charge in [-0.1, -0.05) is 18.2 Å². The molecule has 7 heteroatoms. The number of benzene rings is 3. The first kappa shape index (κ1) is 23.6. The molecule has 0 saturated carbocycles. The molecule has 2 aliphatic rings. The maximum Gasteiger partial charge on any atom is 0.228 e. The van der Waals surface area contributed by atoms with Crippen molar-refractivity contribution in [3.05, 3.63) is 77.5 Å². The molecule has 2 aliphatic heterocycles. The summed E-state index contributed by atoms with van der Waals surface area (Å²) in [6.45, 7) is 4.33. The number of H-pyrrole nitrogens is 1. The van der Waals surface area contributed by atoms with Crippen LogP contribution >= 0.6 is 0 Å². The van der Waals surface area contributed by atoms with E-state index < -0.39 is 5.79 Å². The van der Waals surface area contributed by atoms with E-state index in [4.69, 9.17) is 14.2 Å². The molecule has 3 aromatic carbocycles. The number of nitrogens with one attached hydrogen (secondary N) is 3. The van der Waals surface area contributed by atoms with Gasteiger partial charge < -0.3 is 29.8 Å². The molecule has 37 heavy (non-hydrogen) atoms. The van der Waals surface area contributed by atoms with Crippen LogP contribution in [0.2, 0.25) is 0 Å². The first-order chi connectivity index (χ1) is 18.0. The topological polar surface area (TPSA) is 84.6 Å². The van der Waals surface area contributed by atoms with E-state index in [1.54, 1.807) is 7.11 Å². The van der Waals surface area contributed by atoms with E-state index in [2.05, 4.69) is 27.8 Å². The lowest BCUT2D eigenvalue weighted by atomic mass is 9.99. The number of fused-ring (bicyclic) bond motifs is 2. The molecule has 1 fully saturated rings. The van der Waals surface area contributed by atoms with Gasteiger partial charge in [-0.15, -0.1) is 0 Å². The third-order valence-electron chi connectivity index (χ3n) is 7.36. The van der Waals surface area contributed by atoms with Gasteiger partial charge in [-0.25, -0.2) is 0 Å². The van der Waals surface area contributed by atoms with Gasteiger partial charge in [0.05, 0.1) is 20.1 Å². The second-order valence-electron chi connectivity index (χ2n) is 9.82. The van der Waals surface area contributed by atoms with Crippen molar-refractivity contribution < 1.29 is 19.0 Å². The van der Waals surface area contributed by atoms with Crippen LogP contribution in [0, 0.1) is 6.92 Å². The van der Waals surface area contributed by atoms with E-state index in [0.717, 1.165) is 82.0 Å². The number of hydrogen-bond donors (Lipinski definition) is 3. The highest BCUT2D eigenvalue weighted by Gasteiger charge is 2.38. The van der Waals surface area contributed by atoms with Crippen LogP contribution in [-0.4, -0.2) is 36.9 Å². The average Bonchev–Trinajstić information content (AvgIpc) is 3.22. The number of piperidine rings is 1. The molecule has 3 heterocycles. The molecule has 3 N–H and O–H groups in total. The number of rotatable bonds is 5. The Morgan fingerprint density at radius 1 is 1.05 bits per heavy atom. The van der Waals surface area contributed by atoms with Crippen molar-refractivity contribution in [3.63, 3.8) is 0 Å². The fourth-order valence-electron chi connectivity index (χ4n) is 5.32. The zero-order chi connectivity index (χ0) is 25.4. The van der Waals surface area contributed by atoms with Crippen LogP contribution in [0.15, 0.2) is 60.7 Å². The highest BCUT2D eigenvalue weighted by atomic mass is 16.7. The zero-order valence-electron chi connectivity index (χ0n) is 21.1. The number of anilines is 1. The molecule has 0 atom stereocenters. The third kappa shape index (κ3) is 4.68. The van der Waals surface area contributed by atoms with Gasteiger partial charge in [0, 0.05) is 53.8 Å². The largest absolute Gasteiger partial charge is 0.497 e. The Labute approximate surface area is 216 Å². The van der Waals surface area contributed by atoms with Crippen LogP contribution < -0.4 is 20.1 Å². The smallest absolute Gasteiger partial charge is 0.228 e. The molecule has 1 spiro atoms. The number of hydrogen-bond acceptors (Lipinski definition) is 5. The predicted octanol–water partition coefficient (Wildman–Crippen LogP) is 5.32. The lowest BCUT2D eigenvalue weighted by molar-refractivity contribution is -0.218. The van der Waals surface area contributed by atoms with Crippen molar-refractivity contribution in [2.24, 2.45) is 0 Å². The van der Waals surface area contributed by atoms with Crippen LogP contribution in [0.1, 0.15) is 29.7 Å². The molecule has 0 bridgehead atoms. The SMILES string of the molecule is COc1ccc2[nH]c(C)c(CC(=O)Nc3cccc(-c4ccc5c(c4)COC4(CCNCC4)O5)c3)c2c1. The Balaban J connectivity index is 1.18. The van der Waals surface area contributed by atoms with Crippen LogP contribution in [-0.2, 0) is 22.6 Å². The van der Waals surface area contributed by atoms with Crippen LogP contribution in [0.4, 0.5) is 5.69 Å². The Hall–Kier alpha value is -3.81. The molecule has 0 unspecified atom stereocenters. The summed E-state index contributed by atoms with van der Waals surface area (Å²) >= 11 is 0. The van der Waals surface area contributed by atoms with Gasteiger partial charge in [-0.05, 0) is 66.1 Å². The molecule has 1 amide bonds. The van der Waals surface area contributed by atoms with E-state index in [1.807, 2.05) is 55.5 Å². The van der Waals surface area contributed by atoms with Crippen molar-refractivity contribution in [2.45, 2.75) is 38.6 Å². The molecule has 1 saturated heterocycles. The summed E-state index contributed by atoms with van der Waals surface area (Å²) in [5, 5.41) is 7.44. The normalized spacial score (nSPS) is 16.3. The molecule has 0 aliphatic carbocycles.